The number of aromatic hydroxyl groups is 1. The van der Waals surface area contributed by atoms with Crippen molar-refractivity contribution in [3.63, 3.8) is 0 Å². The summed E-state index contributed by atoms with van der Waals surface area (Å²) in [6.07, 6.45) is 2.79. The smallest absolute Gasteiger partial charge is 0.415 e. The highest BCUT2D eigenvalue weighted by molar-refractivity contribution is 5.72. The monoisotopic (exact) mass is 278 g/mol. The highest BCUT2D eigenvalue weighted by Gasteiger charge is 2.27. The van der Waals surface area contributed by atoms with Gasteiger partial charge in [0.05, 0.1) is 0 Å². The molecule has 1 amide bonds. The van der Waals surface area contributed by atoms with E-state index < -0.39 is 0 Å². The number of ether oxygens (including phenoxy) is 1. The lowest BCUT2D eigenvalue weighted by molar-refractivity contribution is 0.113. The third kappa shape index (κ3) is 3.63. The van der Waals surface area contributed by atoms with Crippen molar-refractivity contribution in [2.75, 3.05) is 19.6 Å². The Labute approximate surface area is 119 Å². The van der Waals surface area contributed by atoms with E-state index in [2.05, 4.69) is 12.2 Å². The summed E-state index contributed by atoms with van der Waals surface area (Å²) in [6, 6.07) is 6.70. The number of phenolic OH excluding ortho intramolecular Hbond substituents is 1. The minimum absolute atomic E-state index is 0.0129. The number of rotatable bonds is 4. The zero-order chi connectivity index (χ0) is 14.4. The predicted molar refractivity (Wildman–Crippen MR) is 77.0 cm³/mol. The van der Waals surface area contributed by atoms with Crippen LogP contribution in [0.1, 0.15) is 26.2 Å². The molecule has 5 heteroatoms. The van der Waals surface area contributed by atoms with Crippen molar-refractivity contribution in [1.82, 2.24) is 10.2 Å². The highest BCUT2D eigenvalue weighted by Crippen LogP contribution is 2.25. The quantitative estimate of drug-likeness (QED) is 0.887. The number of carbonyl (C=O) groups is 1. The average molecular weight is 278 g/mol. The van der Waals surface area contributed by atoms with Crippen molar-refractivity contribution in [2.45, 2.75) is 32.2 Å². The number of hydrogen-bond acceptors (Lipinski definition) is 4. The van der Waals surface area contributed by atoms with Crippen LogP contribution in [0, 0.1) is 0 Å². The Kier molecular flexibility index (Phi) is 5.24. The van der Waals surface area contributed by atoms with Crippen molar-refractivity contribution in [3.8, 4) is 11.5 Å². The van der Waals surface area contributed by atoms with Gasteiger partial charge >= 0.3 is 6.09 Å². The SMILES string of the molecule is CCCCC1CNCCN1C(=O)Oc1ccccc1O. The minimum atomic E-state index is -0.380. The Hall–Kier alpha value is -1.75. The second kappa shape index (κ2) is 7.14. The van der Waals surface area contributed by atoms with Gasteiger partial charge in [0.15, 0.2) is 11.5 Å². The van der Waals surface area contributed by atoms with Crippen molar-refractivity contribution in [1.29, 1.82) is 0 Å². The molecule has 110 valence electrons. The van der Waals surface area contributed by atoms with Gasteiger partial charge in [-0.15, -0.1) is 0 Å². The number of amides is 1. The van der Waals surface area contributed by atoms with Crippen molar-refractivity contribution < 1.29 is 14.6 Å². The highest BCUT2D eigenvalue weighted by atomic mass is 16.6. The first-order chi connectivity index (χ1) is 9.72. The van der Waals surface area contributed by atoms with Gasteiger partial charge in [0.2, 0.25) is 0 Å². The summed E-state index contributed by atoms with van der Waals surface area (Å²) < 4.78 is 5.30. The lowest BCUT2D eigenvalue weighted by Gasteiger charge is -2.35. The van der Waals surface area contributed by atoms with E-state index in [1.165, 1.54) is 6.07 Å². The van der Waals surface area contributed by atoms with Gasteiger partial charge in [0, 0.05) is 25.7 Å². The molecular formula is C15H22N2O3. The van der Waals surface area contributed by atoms with Crippen LogP contribution < -0.4 is 10.1 Å². The minimum Gasteiger partial charge on any atom is -0.504 e. The van der Waals surface area contributed by atoms with Gasteiger partial charge in [-0.1, -0.05) is 31.9 Å². The molecule has 0 radical (unpaired) electrons. The third-order valence-electron chi connectivity index (χ3n) is 3.54. The molecular weight excluding hydrogens is 256 g/mol. The number of phenols is 1. The van der Waals surface area contributed by atoms with Crippen LogP contribution in [0.4, 0.5) is 4.79 Å². The van der Waals surface area contributed by atoms with Crippen LogP contribution >= 0.6 is 0 Å². The maximum Gasteiger partial charge on any atom is 0.415 e. The summed E-state index contributed by atoms with van der Waals surface area (Å²) >= 11 is 0. The summed E-state index contributed by atoms with van der Waals surface area (Å²) in [6.45, 7) is 4.36. The summed E-state index contributed by atoms with van der Waals surface area (Å²) in [4.78, 5) is 14.0. The molecule has 2 N–H and O–H groups in total. The first-order valence-electron chi connectivity index (χ1n) is 7.19. The number of piperazine rings is 1. The van der Waals surface area contributed by atoms with E-state index in [9.17, 15) is 9.90 Å². The van der Waals surface area contributed by atoms with Crippen molar-refractivity contribution >= 4 is 6.09 Å². The van der Waals surface area contributed by atoms with Crippen LogP contribution in [-0.2, 0) is 0 Å². The van der Waals surface area contributed by atoms with Crippen LogP contribution in [0.15, 0.2) is 24.3 Å². The number of unbranched alkanes of at least 4 members (excludes halogenated alkanes) is 1. The molecule has 1 aliphatic rings. The molecule has 1 saturated heterocycles. The molecule has 1 aliphatic heterocycles. The van der Waals surface area contributed by atoms with Crippen LogP contribution in [0.3, 0.4) is 0 Å². The summed E-state index contributed by atoms with van der Waals surface area (Å²) in [5.74, 6) is 0.200. The van der Waals surface area contributed by atoms with E-state index in [4.69, 9.17) is 4.74 Å². The standard InChI is InChI=1S/C15H22N2O3/c1-2-3-6-12-11-16-9-10-17(12)15(19)20-14-8-5-4-7-13(14)18/h4-5,7-8,12,16,18H,2-3,6,9-11H2,1H3. The summed E-state index contributed by atoms with van der Waals surface area (Å²) in [5, 5.41) is 13.0. The van der Waals surface area contributed by atoms with Gasteiger partial charge in [0.1, 0.15) is 0 Å². The van der Waals surface area contributed by atoms with E-state index in [1.54, 1.807) is 23.1 Å². The Morgan fingerprint density at radius 3 is 3.05 bits per heavy atom. The fraction of sp³-hybridized carbons (Fsp3) is 0.533. The molecule has 5 nitrogen and oxygen atoms in total. The molecule has 1 aromatic rings. The number of hydrogen-bond donors (Lipinski definition) is 2. The van der Waals surface area contributed by atoms with Gasteiger partial charge in [-0.25, -0.2) is 4.79 Å². The summed E-state index contributed by atoms with van der Waals surface area (Å²) in [7, 11) is 0. The van der Waals surface area contributed by atoms with E-state index in [0.29, 0.717) is 6.54 Å². The largest absolute Gasteiger partial charge is 0.504 e. The lowest BCUT2D eigenvalue weighted by atomic mass is 10.1. The molecule has 0 bridgehead atoms. The van der Waals surface area contributed by atoms with Gasteiger partial charge in [-0.2, -0.15) is 0 Å². The number of benzene rings is 1. The van der Waals surface area contributed by atoms with Crippen LogP contribution in [0.5, 0.6) is 11.5 Å². The second-order valence-corrected chi connectivity index (χ2v) is 5.03. The average Bonchev–Trinajstić information content (AvgIpc) is 2.47. The first-order valence-corrected chi connectivity index (χ1v) is 7.19. The van der Waals surface area contributed by atoms with E-state index >= 15 is 0 Å². The fourth-order valence-electron chi connectivity index (χ4n) is 2.40. The van der Waals surface area contributed by atoms with Crippen LogP contribution in [0.25, 0.3) is 0 Å². The maximum atomic E-state index is 12.3. The predicted octanol–water partition coefficient (Wildman–Crippen LogP) is 2.36. The molecule has 1 heterocycles. The van der Waals surface area contributed by atoms with E-state index in [1.807, 2.05) is 0 Å². The number of nitrogens with zero attached hydrogens (tertiary/aromatic N) is 1. The Morgan fingerprint density at radius 1 is 1.50 bits per heavy atom. The molecule has 2 rings (SSSR count). The molecule has 1 unspecified atom stereocenters. The lowest BCUT2D eigenvalue weighted by Crippen LogP contribution is -2.54. The topological polar surface area (TPSA) is 61.8 Å². The van der Waals surface area contributed by atoms with Gasteiger partial charge < -0.3 is 20.1 Å². The zero-order valence-electron chi connectivity index (χ0n) is 11.8. The third-order valence-corrected chi connectivity index (χ3v) is 3.54. The number of nitrogens with one attached hydrogen (secondary N) is 1. The molecule has 0 aromatic heterocycles. The van der Waals surface area contributed by atoms with Crippen LogP contribution in [-0.4, -0.2) is 41.8 Å². The zero-order valence-corrected chi connectivity index (χ0v) is 11.8. The number of para-hydroxylation sites is 2. The molecule has 1 fully saturated rings. The molecule has 20 heavy (non-hydrogen) atoms. The fourth-order valence-corrected chi connectivity index (χ4v) is 2.40. The summed E-state index contributed by atoms with van der Waals surface area (Å²) in [5.41, 5.74) is 0. The van der Waals surface area contributed by atoms with Gasteiger partial charge in [-0.3, -0.25) is 0 Å². The van der Waals surface area contributed by atoms with Crippen molar-refractivity contribution in [3.05, 3.63) is 24.3 Å². The van der Waals surface area contributed by atoms with E-state index in [0.717, 1.165) is 32.4 Å². The number of carbonyl (C=O) groups excluding carboxylic acids is 1. The Balaban J connectivity index is 2.00. The normalized spacial score (nSPS) is 18.9. The Morgan fingerprint density at radius 2 is 2.30 bits per heavy atom. The molecule has 0 saturated carbocycles. The second-order valence-electron chi connectivity index (χ2n) is 5.03. The molecule has 1 aromatic carbocycles. The molecule has 0 aliphatic carbocycles. The van der Waals surface area contributed by atoms with Gasteiger partial charge in [-0.05, 0) is 18.6 Å². The maximum absolute atomic E-state index is 12.3. The van der Waals surface area contributed by atoms with Gasteiger partial charge in [0.25, 0.3) is 0 Å². The molecule has 1 atom stereocenters. The van der Waals surface area contributed by atoms with Crippen LogP contribution in [0.2, 0.25) is 0 Å². The Bertz CT molecular complexity index is 450. The van der Waals surface area contributed by atoms with E-state index in [-0.39, 0.29) is 23.6 Å². The molecule has 0 spiro atoms. The van der Waals surface area contributed by atoms with Crippen molar-refractivity contribution in [2.24, 2.45) is 0 Å². The first kappa shape index (κ1) is 14.7.